The van der Waals surface area contributed by atoms with Crippen LogP contribution >= 0.6 is 0 Å². The lowest BCUT2D eigenvalue weighted by Gasteiger charge is -2.30. The van der Waals surface area contributed by atoms with Gasteiger partial charge in [0.2, 0.25) is 0 Å². The van der Waals surface area contributed by atoms with Crippen molar-refractivity contribution in [2.45, 2.75) is 25.8 Å². The minimum absolute atomic E-state index is 0.152. The monoisotopic (exact) mass is 229 g/mol. The summed E-state index contributed by atoms with van der Waals surface area (Å²) in [5.41, 5.74) is 2.01. The molecule has 1 nitrogen and oxygen atoms in total. The molecule has 0 radical (unpaired) electrons. The molecule has 1 aliphatic carbocycles. The maximum atomic E-state index is 13.8. The first kappa shape index (κ1) is 10.6. The van der Waals surface area contributed by atoms with E-state index in [1.54, 1.807) is 6.07 Å². The molecule has 0 saturated heterocycles. The molecule has 17 heavy (non-hydrogen) atoms. The Balaban J connectivity index is 1.96. The first-order chi connectivity index (χ1) is 8.25. The first-order valence-corrected chi connectivity index (χ1v) is 6.18. The molecule has 88 valence electrons. The van der Waals surface area contributed by atoms with E-state index in [0.29, 0.717) is 11.6 Å². The van der Waals surface area contributed by atoms with Gasteiger partial charge < -0.3 is 4.90 Å². The summed E-state index contributed by atoms with van der Waals surface area (Å²) in [5.74, 6) is 0.550. The van der Waals surface area contributed by atoms with Crippen molar-refractivity contribution in [2.24, 2.45) is 5.92 Å². The Morgan fingerprint density at radius 1 is 1.24 bits per heavy atom. The van der Waals surface area contributed by atoms with Crippen LogP contribution in [-0.2, 0) is 0 Å². The predicted molar refractivity (Wildman–Crippen MR) is 68.3 cm³/mol. The second-order valence-corrected chi connectivity index (χ2v) is 4.86. The molecule has 1 heterocycles. The van der Waals surface area contributed by atoms with E-state index in [2.05, 4.69) is 25.3 Å². The molecule has 1 fully saturated rings. The zero-order valence-corrected chi connectivity index (χ0v) is 9.94. The summed E-state index contributed by atoms with van der Waals surface area (Å²) in [7, 11) is 0. The average molecular weight is 229 g/mol. The summed E-state index contributed by atoms with van der Waals surface area (Å²) in [6.07, 6.45) is 9.01. The van der Waals surface area contributed by atoms with E-state index >= 15 is 0 Å². The Morgan fingerprint density at radius 2 is 2.00 bits per heavy atom. The van der Waals surface area contributed by atoms with Gasteiger partial charge in [-0.05, 0) is 43.4 Å². The Hall–Kier alpha value is -1.57. The Bertz CT molecular complexity index is 485. The molecule has 1 aliphatic heterocycles. The van der Waals surface area contributed by atoms with Crippen LogP contribution in [0.15, 0.2) is 48.2 Å². The van der Waals surface area contributed by atoms with Crippen molar-refractivity contribution in [3.63, 3.8) is 0 Å². The Morgan fingerprint density at radius 3 is 2.71 bits per heavy atom. The van der Waals surface area contributed by atoms with E-state index < -0.39 is 0 Å². The van der Waals surface area contributed by atoms with Gasteiger partial charge >= 0.3 is 0 Å². The third kappa shape index (κ3) is 1.99. The quantitative estimate of drug-likeness (QED) is 0.743. The first-order valence-electron chi connectivity index (χ1n) is 6.18. The standard InChI is InChI=1S/C15H16FN/c1-11-6-7-13(12-8-9-12)10-17(11)15-5-3-2-4-14(15)16/h2-7,10-12H,8-9H2,1H3. The zero-order chi connectivity index (χ0) is 11.8. The van der Waals surface area contributed by atoms with Gasteiger partial charge in [-0.2, -0.15) is 0 Å². The van der Waals surface area contributed by atoms with Gasteiger partial charge in [0.1, 0.15) is 5.82 Å². The maximum absolute atomic E-state index is 13.8. The normalized spacial score (nSPS) is 23.8. The van der Waals surface area contributed by atoms with Crippen molar-refractivity contribution in [1.82, 2.24) is 0 Å². The van der Waals surface area contributed by atoms with Crippen LogP contribution in [0.5, 0.6) is 0 Å². The third-order valence-corrected chi connectivity index (χ3v) is 3.47. The molecular formula is C15H16FN. The SMILES string of the molecule is CC1C=CC(C2CC2)=CN1c1ccccc1F. The van der Waals surface area contributed by atoms with Crippen molar-refractivity contribution in [2.75, 3.05) is 4.90 Å². The van der Waals surface area contributed by atoms with E-state index in [0.717, 1.165) is 0 Å². The van der Waals surface area contributed by atoms with E-state index in [9.17, 15) is 4.39 Å². The highest BCUT2D eigenvalue weighted by Crippen LogP contribution is 2.39. The molecule has 1 atom stereocenters. The molecule has 2 aliphatic rings. The summed E-state index contributed by atoms with van der Waals surface area (Å²) in [5, 5.41) is 0. The molecule has 0 N–H and O–H groups in total. The number of nitrogens with zero attached hydrogens (tertiary/aromatic N) is 1. The molecule has 0 aromatic heterocycles. The van der Waals surface area contributed by atoms with Gasteiger partial charge in [-0.15, -0.1) is 0 Å². The van der Waals surface area contributed by atoms with Gasteiger partial charge in [0.15, 0.2) is 0 Å². The van der Waals surface area contributed by atoms with E-state index in [4.69, 9.17) is 0 Å². The summed E-state index contributed by atoms with van der Waals surface area (Å²) in [6.45, 7) is 2.09. The lowest BCUT2D eigenvalue weighted by atomic mass is 10.1. The molecule has 2 heteroatoms. The number of hydrogen-bond acceptors (Lipinski definition) is 1. The van der Waals surface area contributed by atoms with Crippen LogP contribution in [0.1, 0.15) is 19.8 Å². The van der Waals surface area contributed by atoms with Crippen molar-refractivity contribution in [3.05, 3.63) is 54.0 Å². The highest BCUT2D eigenvalue weighted by molar-refractivity contribution is 5.55. The average Bonchev–Trinajstić information content (AvgIpc) is 3.15. The van der Waals surface area contributed by atoms with Crippen LogP contribution in [0.4, 0.5) is 10.1 Å². The fourth-order valence-electron chi connectivity index (χ4n) is 2.27. The van der Waals surface area contributed by atoms with Crippen molar-refractivity contribution in [3.8, 4) is 0 Å². The molecular weight excluding hydrogens is 213 g/mol. The third-order valence-electron chi connectivity index (χ3n) is 3.47. The number of allylic oxidation sites excluding steroid dienone is 2. The van der Waals surface area contributed by atoms with Crippen LogP contribution in [-0.4, -0.2) is 6.04 Å². The van der Waals surface area contributed by atoms with Crippen molar-refractivity contribution < 1.29 is 4.39 Å². The summed E-state index contributed by atoms with van der Waals surface area (Å²) >= 11 is 0. The minimum Gasteiger partial charge on any atom is -0.339 e. The number of rotatable bonds is 2. The molecule has 3 rings (SSSR count). The molecule has 0 bridgehead atoms. The second-order valence-electron chi connectivity index (χ2n) is 4.86. The lowest BCUT2D eigenvalue weighted by molar-refractivity contribution is 0.620. The van der Waals surface area contributed by atoms with Crippen LogP contribution in [0.3, 0.4) is 0 Å². The number of para-hydroxylation sites is 1. The zero-order valence-electron chi connectivity index (χ0n) is 9.94. The van der Waals surface area contributed by atoms with Gasteiger partial charge in [-0.25, -0.2) is 4.39 Å². The maximum Gasteiger partial charge on any atom is 0.146 e. The lowest BCUT2D eigenvalue weighted by Crippen LogP contribution is -2.29. The smallest absolute Gasteiger partial charge is 0.146 e. The number of benzene rings is 1. The molecule has 0 spiro atoms. The van der Waals surface area contributed by atoms with Gasteiger partial charge in [0.25, 0.3) is 0 Å². The fourth-order valence-corrected chi connectivity index (χ4v) is 2.27. The predicted octanol–water partition coefficient (Wildman–Crippen LogP) is 3.88. The van der Waals surface area contributed by atoms with Crippen LogP contribution in [0, 0.1) is 11.7 Å². The number of hydrogen-bond donors (Lipinski definition) is 0. The van der Waals surface area contributed by atoms with Gasteiger partial charge in [-0.1, -0.05) is 24.3 Å². The summed E-state index contributed by atoms with van der Waals surface area (Å²) < 4.78 is 13.8. The highest BCUT2D eigenvalue weighted by Gasteiger charge is 2.28. The van der Waals surface area contributed by atoms with Crippen LogP contribution in [0.2, 0.25) is 0 Å². The molecule has 1 aromatic rings. The van der Waals surface area contributed by atoms with Crippen LogP contribution < -0.4 is 4.90 Å². The van der Waals surface area contributed by atoms with Crippen molar-refractivity contribution >= 4 is 5.69 Å². The number of halogens is 1. The van der Waals surface area contributed by atoms with Crippen LogP contribution in [0.25, 0.3) is 0 Å². The largest absolute Gasteiger partial charge is 0.339 e. The molecule has 0 amide bonds. The van der Waals surface area contributed by atoms with Gasteiger partial charge in [-0.3, -0.25) is 0 Å². The minimum atomic E-state index is -0.152. The van der Waals surface area contributed by atoms with Gasteiger partial charge in [0.05, 0.1) is 5.69 Å². The van der Waals surface area contributed by atoms with E-state index in [1.807, 2.05) is 17.0 Å². The van der Waals surface area contributed by atoms with Gasteiger partial charge in [0, 0.05) is 12.2 Å². The fraction of sp³-hybridized carbons (Fsp3) is 0.333. The molecule has 1 unspecified atom stereocenters. The summed E-state index contributed by atoms with van der Waals surface area (Å²) in [4.78, 5) is 2.03. The molecule has 1 saturated carbocycles. The Labute approximate surface area is 101 Å². The van der Waals surface area contributed by atoms with Crippen molar-refractivity contribution in [1.29, 1.82) is 0 Å². The Kier molecular flexibility index (Phi) is 2.50. The van der Waals surface area contributed by atoms with E-state index in [-0.39, 0.29) is 11.9 Å². The second kappa shape index (κ2) is 4.02. The highest BCUT2D eigenvalue weighted by atomic mass is 19.1. The topological polar surface area (TPSA) is 3.24 Å². The number of anilines is 1. The van der Waals surface area contributed by atoms with E-state index in [1.165, 1.54) is 24.5 Å². The summed E-state index contributed by atoms with van der Waals surface area (Å²) in [6, 6.07) is 7.19. The molecule has 1 aromatic carbocycles.